The van der Waals surface area contributed by atoms with E-state index in [9.17, 15) is 12.8 Å². The van der Waals surface area contributed by atoms with E-state index in [0.717, 1.165) is 6.07 Å². The van der Waals surface area contributed by atoms with Gasteiger partial charge in [-0.25, -0.2) is 22.5 Å². The van der Waals surface area contributed by atoms with Crippen LogP contribution in [0.5, 0.6) is 0 Å². The molecule has 0 amide bonds. The lowest BCUT2D eigenvalue weighted by Gasteiger charge is -2.08. The molecule has 114 valence electrons. The summed E-state index contributed by atoms with van der Waals surface area (Å²) in [7, 11) is -3.67. The van der Waals surface area contributed by atoms with Gasteiger partial charge in [-0.2, -0.15) is 5.10 Å². The van der Waals surface area contributed by atoms with Gasteiger partial charge in [0, 0.05) is 25.1 Å². The summed E-state index contributed by atoms with van der Waals surface area (Å²) in [6, 6.07) is 3.56. The third-order valence-electron chi connectivity index (χ3n) is 2.89. The summed E-state index contributed by atoms with van der Waals surface area (Å²) in [4.78, 5) is 3.95. The topological polar surface area (TPSA) is 114 Å². The van der Waals surface area contributed by atoms with Gasteiger partial charge in [0.2, 0.25) is 10.0 Å². The molecule has 0 saturated carbocycles. The molecule has 7 nitrogen and oxygen atoms in total. The number of aromatic nitrogens is 3. The maximum Gasteiger partial charge on any atom is 0.240 e. The van der Waals surface area contributed by atoms with Crippen LogP contribution in [-0.4, -0.2) is 30.1 Å². The number of hydrogen-bond donors (Lipinski definition) is 3. The Morgan fingerprint density at radius 3 is 2.86 bits per heavy atom. The second-order valence-electron chi connectivity index (χ2n) is 4.39. The van der Waals surface area contributed by atoms with Gasteiger partial charge < -0.3 is 5.73 Å². The smallest absolute Gasteiger partial charge is 0.240 e. The van der Waals surface area contributed by atoms with Crippen LogP contribution in [0.15, 0.2) is 29.4 Å². The van der Waals surface area contributed by atoms with E-state index in [4.69, 9.17) is 5.73 Å². The zero-order valence-corrected chi connectivity index (χ0v) is 12.0. The number of aromatic amines is 1. The number of hydrogen-bond acceptors (Lipinski definition) is 5. The Bertz CT molecular complexity index is 688. The molecule has 0 bridgehead atoms. The Morgan fingerprint density at radius 2 is 2.19 bits per heavy atom. The first-order valence-electron chi connectivity index (χ1n) is 6.35. The van der Waals surface area contributed by atoms with Crippen molar-refractivity contribution in [3.63, 3.8) is 0 Å². The van der Waals surface area contributed by atoms with Crippen molar-refractivity contribution in [3.8, 4) is 0 Å². The van der Waals surface area contributed by atoms with E-state index >= 15 is 0 Å². The average Bonchev–Trinajstić information content (AvgIpc) is 2.97. The molecule has 0 fully saturated rings. The van der Waals surface area contributed by atoms with E-state index in [2.05, 4.69) is 19.9 Å². The van der Waals surface area contributed by atoms with Gasteiger partial charge in [0.05, 0.1) is 4.90 Å². The number of halogens is 1. The van der Waals surface area contributed by atoms with E-state index in [-0.39, 0.29) is 23.5 Å². The first kappa shape index (κ1) is 15.5. The van der Waals surface area contributed by atoms with Crippen LogP contribution in [0.25, 0.3) is 0 Å². The molecule has 0 aliphatic heterocycles. The van der Waals surface area contributed by atoms with Crippen molar-refractivity contribution in [2.75, 3.05) is 6.54 Å². The predicted molar refractivity (Wildman–Crippen MR) is 74.2 cm³/mol. The zero-order chi connectivity index (χ0) is 15.3. The Kier molecular flexibility index (Phi) is 4.99. The molecular formula is C12H16FN5O2S. The van der Waals surface area contributed by atoms with Crippen LogP contribution in [0.4, 0.5) is 4.39 Å². The molecule has 2 aromatic rings. The summed E-state index contributed by atoms with van der Waals surface area (Å²) in [5.41, 5.74) is 5.53. The zero-order valence-electron chi connectivity index (χ0n) is 11.2. The molecule has 0 radical (unpaired) electrons. The van der Waals surface area contributed by atoms with E-state index in [1.165, 1.54) is 18.5 Å². The third kappa shape index (κ3) is 4.06. The van der Waals surface area contributed by atoms with Gasteiger partial charge in [-0.15, -0.1) is 0 Å². The van der Waals surface area contributed by atoms with Crippen LogP contribution in [0.3, 0.4) is 0 Å². The Balaban J connectivity index is 1.95. The molecule has 0 aliphatic rings. The van der Waals surface area contributed by atoms with Crippen molar-refractivity contribution in [1.29, 1.82) is 0 Å². The lowest BCUT2D eigenvalue weighted by atomic mass is 10.2. The molecule has 4 N–H and O–H groups in total. The number of rotatable bonds is 7. The van der Waals surface area contributed by atoms with Crippen molar-refractivity contribution in [2.45, 2.75) is 24.3 Å². The fourth-order valence-corrected chi connectivity index (χ4v) is 2.90. The van der Waals surface area contributed by atoms with Crippen LogP contribution in [0, 0.1) is 5.82 Å². The Morgan fingerprint density at radius 1 is 1.38 bits per heavy atom. The van der Waals surface area contributed by atoms with Crippen molar-refractivity contribution in [3.05, 3.63) is 41.7 Å². The summed E-state index contributed by atoms with van der Waals surface area (Å²) >= 11 is 0. The van der Waals surface area contributed by atoms with Crippen molar-refractivity contribution < 1.29 is 12.8 Å². The minimum absolute atomic E-state index is 0.00372. The predicted octanol–water partition coefficient (Wildman–Crippen LogP) is 0.314. The first-order valence-corrected chi connectivity index (χ1v) is 7.83. The van der Waals surface area contributed by atoms with Crippen molar-refractivity contribution in [1.82, 2.24) is 19.9 Å². The molecule has 0 saturated heterocycles. The van der Waals surface area contributed by atoms with Crippen LogP contribution in [0.1, 0.15) is 17.8 Å². The largest absolute Gasteiger partial charge is 0.326 e. The van der Waals surface area contributed by atoms with Crippen molar-refractivity contribution >= 4 is 10.0 Å². The minimum Gasteiger partial charge on any atom is -0.326 e. The molecular weight excluding hydrogens is 297 g/mol. The van der Waals surface area contributed by atoms with E-state index < -0.39 is 15.8 Å². The third-order valence-corrected chi connectivity index (χ3v) is 4.35. The van der Waals surface area contributed by atoms with Gasteiger partial charge >= 0.3 is 0 Å². The molecule has 1 heterocycles. The van der Waals surface area contributed by atoms with E-state index in [1.54, 1.807) is 0 Å². The number of benzene rings is 1. The number of nitrogens with one attached hydrogen (secondary N) is 2. The van der Waals surface area contributed by atoms with Crippen LogP contribution >= 0.6 is 0 Å². The first-order chi connectivity index (χ1) is 10.0. The normalized spacial score (nSPS) is 11.7. The SMILES string of the molecule is NCc1cc(S(=O)(=O)NCCCc2ncn[nH]2)ccc1F. The number of nitrogens with two attached hydrogens (primary N) is 1. The highest BCUT2D eigenvalue weighted by atomic mass is 32.2. The second kappa shape index (κ2) is 6.74. The second-order valence-corrected chi connectivity index (χ2v) is 6.16. The monoisotopic (exact) mass is 313 g/mol. The summed E-state index contributed by atoms with van der Waals surface area (Å²) in [6.07, 6.45) is 2.55. The number of sulfonamides is 1. The highest BCUT2D eigenvalue weighted by Crippen LogP contribution is 2.14. The number of aryl methyl sites for hydroxylation is 1. The van der Waals surface area contributed by atoms with E-state index in [0.29, 0.717) is 18.7 Å². The standard InChI is InChI=1S/C12H16FN5O2S/c13-11-4-3-10(6-9(11)7-14)21(19,20)17-5-1-2-12-15-8-16-18-12/h3-4,6,8,17H,1-2,5,7,14H2,(H,15,16,18). The molecule has 21 heavy (non-hydrogen) atoms. The average molecular weight is 313 g/mol. The summed E-state index contributed by atoms with van der Waals surface area (Å²) in [5.74, 6) is 0.183. The molecule has 0 aliphatic carbocycles. The number of H-pyrrole nitrogens is 1. The van der Waals surface area contributed by atoms with Gasteiger partial charge in [0.1, 0.15) is 18.0 Å². The maximum absolute atomic E-state index is 13.3. The van der Waals surface area contributed by atoms with Crippen LogP contribution in [0.2, 0.25) is 0 Å². The number of nitrogens with zero attached hydrogens (tertiary/aromatic N) is 2. The van der Waals surface area contributed by atoms with Crippen molar-refractivity contribution in [2.24, 2.45) is 5.73 Å². The van der Waals surface area contributed by atoms with Crippen LogP contribution in [-0.2, 0) is 23.0 Å². The summed E-state index contributed by atoms with van der Waals surface area (Å²) < 4.78 is 39.9. The molecule has 0 unspecified atom stereocenters. The lowest BCUT2D eigenvalue weighted by molar-refractivity contribution is 0.576. The highest BCUT2D eigenvalue weighted by molar-refractivity contribution is 7.89. The van der Waals surface area contributed by atoms with Gasteiger partial charge in [-0.1, -0.05) is 0 Å². The molecule has 0 atom stereocenters. The minimum atomic E-state index is -3.67. The van der Waals surface area contributed by atoms with Gasteiger partial charge in [0.15, 0.2) is 0 Å². The maximum atomic E-state index is 13.3. The molecule has 9 heteroatoms. The molecule has 1 aromatic carbocycles. The quantitative estimate of drug-likeness (QED) is 0.637. The van der Waals surface area contributed by atoms with Gasteiger partial charge in [-0.3, -0.25) is 5.10 Å². The summed E-state index contributed by atoms with van der Waals surface area (Å²) in [5, 5.41) is 6.40. The lowest BCUT2D eigenvalue weighted by Crippen LogP contribution is -2.25. The fourth-order valence-electron chi connectivity index (χ4n) is 1.77. The van der Waals surface area contributed by atoms with Crippen LogP contribution < -0.4 is 10.5 Å². The molecule has 2 rings (SSSR count). The summed E-state index contributed by atoms with van der Waals surface area (Å²) in [6.45, 7) is 0.194. The molecule has 0 spiro atoms. The molecule has 1 aromatic heterocycles. The van der Waals surface area contributed by atoms with Gasteiger partial charge in [0.25, 0.3) is 0 Å². The Hall–Kier alpha value is -1.84. The van der Waals surface area contributed by atoms with Gasteiger partial charge in [-0.05, 0) is 24.6 Å². The highest BCUT2D eigenvalue weighted by Gasteiger charge is 2.15. The fraction of sp³-hybridized carbons (Fsp3) is 0.333. The Labute approximate surface area is 121 Å². The van der Waals surface area contributed by atoms with E-state index in [1.807, 2.05) is 0 Å².